The molecule has 0 fully saturated rings. The van der Waals surface area contributed by atoms with Gasteiger partial charge in [0.1, 0.15) is 5.52 Å². The SMILES string of the molecule is CC(C)C(CO)N(C)Cc1ccc2ncoc2c1. The third-order valence-corrected chi connectivity index (χ3v) is 3.35. The first-order valence-corrected chi connectivity index (χ1v) is 6.25. The number of nitrogens with zero attached hydrogens (tertiary/aromatic N) is 2. The molecule has 0 aliphatic rings. The molecule has 4 heteroatoms. The van der Waals surface area contributed by atoms with E-state index in [1.54, 1.807) is 0 Å². The van der Waals surface area contributed by atoms with Crippen molar-refractivity contribution in [2.75, 3.05) is 13.7 Å². The number of oxazole rings is 1. The van der Waals surface area contributed by atoms with Crippen LogP contribution < -0.4 is 0 Å². The van der Waals surface area contributed by atoms with E-state index in [1.807, 2.05) is 19.2 Å². The van der Waals surface area contributed by atoms with Crippen LogP contribution in [0.15, 0.2) is 29.0 Å². The maximum Gasteiger partial charge on any atom is 0.181 e. The molecule has 1 aromatic carbocycles. The molecular formula is C14H20N2O2. The minimum absolute atomic E-state index is 0.176. The van der Waals surface area contributed by atoms with Gasteiger partial charge in [0, 0.05) is 12.6 Å². The van der Waals surface area contributed by atoms with Crippen LogP contribution in [-0.4, -0.2) is 34.7 Å². The van der Waals surface area contributed by atoms with E-state index in [-0.39, 0.29) is 12.6 Å². The smallest absolute Gasteiger partial charge is 0.181 e. The molecule has 1 unspecified atom stereocenters. The first kappa shape index (κ1) is 13.1. The zero-order valence-electron chi connectivity index (χ0n) is 11.1. The number of hydrogen-bond donors (Lipinski definition) is 1. The van der Waals surface area contributed by atoms with E-state index in [9.17, 15) is 5.11 Å². The molecule has 1 heterocycles. The summed E-state index contributed by atoms with van der Waals surface area (Å²) < 4.78 is 5.30. The van der Waals surface area contributed by atoms with Crippen molar-refractivity contribution >= 4 is 11.1 Å². The predicted octanol–water partition coefficient (Wildman–Crippen LogP) is 2.28. The fourth-order valence-corrected chi connectivity index (χ4v) is 2.26. The summed E-state index contributed by atoms with van der Waals surface area (Å²) in [6.07, 6.45) is 1.46. The molecule has 0 saturated carbocycles. The fourth-order valence-electron chi connectivity index (χ4n) is 2.26. The van der Waals surface area contributed by atoms with E-state index in [2.05, 4.69) is 29.8 Å². The van der Waals surface area contributed by atoms with Crippen LogP contribution in [0.4, 0.5) is 0 Å². The molecule has 0 aliphatic carbocycles. The summed E-state index contributed by atoms with van der Waals surface area (Å²) in [6.45, 7) is 5.22. The van der Waals surface area contributed by atoms with Gasteiger partial charge in [0.25, 0.3) is 0 Å². The molecule has 98 valence electrons. The molecule has 2 rings (SSSR count). The number of benzene rings is 1. The normalized spacial score (nSPS) is 13.7. The van der Waals surface area contributed by atoms with Crippen LogP contribution >= 0.6 is 0 Å². The van der Waals surface area contributed by atoms with E-state index in [1.165, 1.54) is 12.0 Å². The molecule has 0 spiro atoms. The van der Waals surface area contributed by atoms with Crippen molar-refractivity contribution in [2.24, 2.45) is 5.92 Å². The van der Waals surface area contributed by atoms with Crippen molar-refractivity contribution in [3.8, 4) is 0 Å². The highest BCUT2D eigenvalue weighted by atomic mass is 16.3. The lowest BCUT2D eigenvalue weighted by atomic mass is 10.0. The largest absolute Gasteiger partial charge is 0.443 e. The Morgan fingerprint density at radius 1 is 1.39 bits per heavy atom. The van der Waals surface area contributed by atoms with Gasteiger partial charge < -0.3 is 9.52 Å². The van der Waals surface area contributed by atoms with Gasteiger partial charge in [0.15, 0.2) is 12.0 Å². The van der Waals surface area contributed by atoms with Crippen LogP contribution in [0.2, 0.25) is 0 Å². The topological polar surface area (TPSA) is 49.5 Å². The molecule has 0 bridgehead atoms. The van der Waals surface area contributed by atoms with Gasteiger partial charge in [-0.05, 0) is 30.7 Å². The second-order valence-corrected chi connectivity index (χ2v) is 5.06. The summed E-state index contributed by atoms with van der Waals surface area (Å²) >= 11 is 0. The van der Waals surface area contributed by atoms with Gasteiger partial charge >= 0.3 is 0 Å². The Hall–Kier alpha value is -1.39. The minimum atomic E-state index is 0.176. The van der Waals surface area contributed by atoms with Crippen LogP contribution in [-0.2, 0) is 6.54 Å². The summed E-state index contributed by atoms with van der Waals surface area (Å²) in [5, 5.41) is 9.41. The standard InChI is InChI=1S/C14H20N2O2/c1-10(2)13(8-17)16(3)7-11-4-5-12-14(6-11)18-9-15-12/h4-6,9-10,13,17H,7-8H2,1-3H3. The highest BCUT2D eigenvalue weighted by molar-refractivity contribution is 5.72. The van der Waals surface area contributed by atoms with Gasteiger partial charge in [-0.1, -0.05) is 19.9 Å². The minimum Gasteiger partial charge on any atom is -0.443 e. The van der Waals surface area contributed by atoms with E-state index in [0.29, 0.717) is 5.92 Å². The molecule has 2 aromatic rings. The molecule has 18 heavy (non-hydrogen) atoms. The summed E-state index contributed by atoms with van der Waals surface area (Å²) in [5.41, 5.74) is 2.86. The molecule has 0 radical (unpaired) electrons. The molecule has 1 atom stereocenters. The van der Waals surface area contributed by atoms with Gasteiger partial charge in [-0.3, -0.25) is 4.90 Å². The van der Waals surface area contributed by atoms with Gasteiger partial charge in [-0.15, -0.1) is 0 Å². The number of aliphatic hydroxyl groups is 1. The van der Waals surface area contributed by atoms with Crippen molar-refractivity contribution in [1.29, 1.82) is 0 Å². The molecule has 0 saturated heterocycles. The van der Waals surface area contributed by atoms with E-state index in [4.69, 9.17) is 4.42 Å². The van der Waals surface area contributed by atoms with Crippen LogP contribution in [0.5, 0.6) is 0 Å². The first-order chi connectivity index (χ1) is 8.61. The van der Waals surface area contributed by atoms with Crippen LogP contribution in [0.1, 0.15) is 19.4 Å². The second-order valence-electron chi connectivity index (χ2n) is 5.06. The molecule has 0 aliphatic heterocycles. The zero-order valence-corrected chi connectivity index (χ0v) is 11.1. The quantitative estimate of drug-likeness (QED) is 0.882. The third kappa shape index (κ3) is 2.71. The summed E-state index contributed by atoms with van der Waals surface area (Å²) in [7, 11) is 2.03. The van der Waals surface area contributed by atoms with E-state index >= 15 is 0 Å². The van der Waals surface area contributed by atoms with Crippen LogP contribution in [0, 0.1) is 5.92 Å². The highest BCUT2D eigenvalue weighted by Gasteiger charge is 2.17. The monoisotopic (exact) mass is 248 g/mol. The Morgan fingerprint density at radius 3 is 2.83 bits per heavy atom. The summed E-state index contributed by atoms with van der Waals surface area (Å²) in [5.74, 6) is 0.425. The van der Waals surface area contributed by atoms with E-state index in [0.717, 1.165) is 17.6 Å². The number of likely N-dealkylation sites (N-methyl/N-ethyl adjacent to an activating group) is 1. The molecule has 4 nitrogen and oxygen atoms in total. The molecule has 1 N–H and O–H groups in total. The van der Waals surface area contributed by atoms with Crippen molar-refractivity contribution in [1.82, 2.24) is 9.88 Å². The first-order valence-electron chi connectivity index (χ1n) is 6.25. The third-order valence-electron chi connectivity index (χ3n) is 3.35. The van der Waals surface area contributed by atoms with Crippen molar-refractivity contribution < 1.29 is 9.52 Å². The van der Waals surface area contributed by atoms with Crippen LogP contribution in [0.25, 0.3) is 11.1 Å². The highest BCUT2D eigenvalue weighted by Crippen LogP contribution is 2.17. The van der Waals surface area contributed by atoms with Gasteiger partial charge in [0.05, 0.1) is 6.61 Å². The van der Waals surface area contributed by atoms with Gasteiger partial charge in [-0.2, -0.15) is 0 Å². The van der Waals surface area contributed by atoms with E-state index < -0.39 is 0 Å². The lowest BCUT2D eigenvalue weighted by Gasteiger charge is -2.29. The predicted molar refractivity (Wildman–Crippen MR) is 71.2 cm³/mol. The second kappa shape index (κ2) is 5.50. The molecule has 1 aromatic heterocycles. The molecule has 0 amide bonds. The average molecular weight is 248 g/mol. The molecular weight excluding hydrogens is 228 g/mol. The summed E-state index contributed by atoms with van der Waals surface area (Å²) in [4.78, 5) is 6.27. The van der Waals surface area contributed by atoms with Crippen molar-refractivity contribution in [3.05, 3.63) is 30.2 Å². The Labute approximate surface area is 107 Å². The number of hydrogen-bond acceptors (Lipinski definition) is 4. The number of rotatable bonds is 5. The lowest BCUT2D eigenvalue weighted by Crippen LogP contribution is -2.38. The Kier molecular flexibility index (Phi) is 3.99. The van der Waals surface area contributed by atoms with Gasteiger partial charge in [-0.25, -0.2) is 4.98 Å². The lowest BCUT2D eigenvalue weighted by molar-refractivity contribution is 0.108. The van der Waals surface area contributed by atoms with Crippen molar-refractivity contribution in [2.45, 2.75) is 26.4 Å². The Morgan fingerprint density at radius 2 is 2.17 bits per heavy atom. The number of aliphatic hydroxyl groups excluding tert-OH is 1. The zero-order chi connectivity index (χ0) is 13.1. The maximum absolute atomic E-state index is 9.41. The number of fused-ring (bicyclic) bond motifs is 1. The van der Waals surface area contributed by atoms with Gasteiger partial charge in [0.2, 0.25) is 0 Å². The maximum atomic E-state index is 9.41. The fraction of sp³-hybridized carbons (Fsp3) is 0.500. The van der Waals surface area contributed by atoms with Crippen molar-refractivity contribution in [3.63, 3.8) is 0 Å². The summed E-state index contributed by atoms with van der Waals surface area (Å²) in [6, 6.07) is 6.20. The Bertz CT molecular complexity index is 507. The Balaban J connectivity index is 2.12. The number of aromatic nitrogens is 1. The average Bonchev–Trinajstić information content (AvgIpc) is 2.76. The van der Waals surface area contributed by atoms with Crippen LogP contribution in [0.3, 0.4) is 0 Å².